The number of hydrogen-bond acceptors (Lipinski definition) is 9. The molecule has 216 valence electrons. The Hall–Kier alpha value is -3.17. The second-order valence-electron chi connectivity index (χ2n) is 12.0. The van der Waals surface area contributed by atoms with E-state index in [9.17, 15) is 14.4 Å². The van der Waals surface area contributed by atoms with Gasteiger partial charge in [-0.15, -0.1) is 0 Å². The van der Waals surface area contributed by atoms with Gasteiger partial charge in [0, 0.05) is 19.8 Å². The van der Waals surface area contributed by atoms with Crippen LogP contribution in [0.15, 0.2) is 53.1 Å². The molecule has 9 heteroatoms. The molecule has 8 atom stereocenters. The molecule has 3 aliphatic rings. The average Bonchev–Trinajstić information content (AvgIpc) is 3.48. The molecule has 9 nitrogen and oxygen atoms in total. The Balaban J connectivity index is 1.63. The van der Waals surface area contributed by atoms with E-state index in [1.165, 1.54) is 20.1 Å². The molecule has 0 unspecified atom stereocenters. The number of carbonyl (C=O) groups is 3. The number of furan rings is 1. The lowest BCUT2D eigenvalue weighted by Crippen LogP contribution is -2.76. The number of hydrogen-bond donors (Lipinski definition) is 0. The van der Waals surface area contributed by atoms with E-state index in [1.54, 1.807) is 12.1 Å². The van der Waals surface area contributed by atoms with Gasteiger partial charge in [-0.25, -0.2) is 4.79 Å². The Bertz CT molecular complexity index is 1240. The fraction of sp³-hybridized carbons (Fsp3) is 0.581. The van der Waals surface area contributed by atoms with Crippen LogP contribution in [-0.4, -0.2) is 53.5 Å². The van der Waals surface area contributed by atoms with Gasteiger partial charge in [-0.05, 0) is 50.3 Å². The zero-order valence-corrected chi connectivity index (χ0v) is 23.9. The number of esters is 3. The van der Waals surface area contributed by atoms with Crippen LogP contribution in [0.5, 0.6) is 0 Å². The Morgan fingerprint density at radius 1 is 0.900 bits per heavy atom. The van der Waals surface area contributed by atoms with Crippen molar-refractivity contribution in [2.45, 2.75) is 96.6 Å². The predicted octanol–water partition coefficient (Wildman–Crippen LogP) is 4.87. The molecule has 1 aromatic carbocycles. The minimum absolute atomic E-state index is 0.0931. The van der Waals surface area contributed by atoms with Crippen molar-refractivity contribution in [1.29, 1.82) is 0 Å². The van der Waals surface area contributed by atoms with E-state index in [0.717, 1.165) is 5.56 Å². The molecule has 5 rings (SSSR count). The monoisotopic (exact) mass is 554 g/mol. The first kappa shape index (κ1) is 28.4. The molecule has 40 heavy (non-hydrogen) atoms. The SMILES string of the molecule is CC(=O)O[C@H]1C[C@@H](C)[C@]23OC(C)(C)[C@H](C[C@H](OCc4ccccc4)[C@]2(C)[C@H]1OC(C)=O)[C@@H]3OC(=O)c1ccco1. The normalized spacial score (nSPS) is 35.9. The Kier molecular flexibility index (Phi) is 7.33. The van der Waals surface area contributed by atoms with Crippen molar-refractivity contribution in [1.82, 2.24) is 0 Å². The molecular formula is C31H38O9. The van der Waals surface area contributed by atoms with Gasteiger partial charge in [0.05, 0.1) is 30.0 Å². The molecule has 1 aliphatic heterocycles. The second kappa shape index (κ2) is 10.3. The molecule has 3 fully saturated rings. The van der Waals surface area contributed by atoms with Gasteiger partial charge in [0.15, 0.2) is 0 Å². The van der Waals surface area contributed by atoms with E-state index >= 15 is 0 Å². The highest BCUT2D eigenvalue weighted by Crippen LogP contribution is 2.68. The minimum atomic E-state index is -1.13. The largest absolute Gasteiger partial charge is 0.459 e. The zero-order chi connectivity index (χ0) is 28.9. The zero-order valence-electron chi connectivity index (χ0n) is 23.9. The van der Waals surface area contributed by atoms with Crippen LogP contribution in [0.1, 0.15) is 70.5 Å². The molecule has 0 amide bonds. The molecule has 2 bridgehead atoms. The Morgan fingerprint density at radius 2 is 1.60 bits per heavy atom. The molecule has 2 aliphatic carbocycles. The van der Waals surface area contributed by atoms with Crippen molar-refractivity contribution in [2.75, 3.05) is 0 Å². The fourth-order valence-electron chi connectivity index (χ4n) is 7.58. The first-order chi connectivity index (χ1) is 18.9. The van der Waals surface area contributed by atoms with Crippen molar-refractivity contribution in [3.63, 3.8) is 0 Å². The summed E-state index contributed by atoms with van der Waals surface area (Å²) in [7, 11) is 0. The van der Waals surface area contributed by atoms with Crippen molar-refractivity contribution >= 4 is 17.9 Å². The van der Waals surface area contributed by atoms with Gasteiger partial charge in [-0.2, -0.15) is 0 Å². The van der Waals surface area contributed by atoms with Crippen molar-refractivity contribution in [3.8, 4) is 0 Å². The number of ether oxygens (including phenoxy) is 5. The van der Waals surface area contributed by atoms with Crippen LogP contribution in [0.3, 0.4) is 0 Å². The summed E-state index contributed by atoms with van der Waals surface area (Å²) < 4.78 is 37.1. The summed E-state index contributed by atoms with van der Waals surface area (Å²) in [6.07, 6.45) is -0.602. The molecule has 2 saturated carbocycles. The van der Waals surface area contributed by atoms with E-state index < -0.39 is 58.9 Å². The highest BCUT2D eigenvalue weighted by molar-refractivity contribution is 5.86. The lowest BCUT2D eigenvalue weighted by Gasteiger charge is -2.63. The Morgan fingerprint density at radius 3 is 2.23 bits per heavy atom. The lowest BCUT2D eigenvalue weighted by atomic mass is 9.48. The van der Waals surface area contributed by atoms with Crippen LogP contribution in [0.2, 0.25) is 0 Å². The summed E-state index contributed by atoms with van der Waals surface area (Å²) in [4.78, 5) is 38.0. The molecule has 2 aromatic rings. The molecule has 1 spiro atoms. The highest BCUT2D eigenvalue weighted by atomic mass is 16.6. The van der Waals surface area contributed by atoms with Crippen molar-refractivity contribution in [3.05, 3.63) is 60.1 Å². The van der Waals surface area contributed by atoms with Crippen LogP contribution in [0, 0.1) is 17.3 Å². The number of benzene rings is 1. The van der Waals surface area contributed by atoms with Gasteiger partial charge >= 0.3 is 17.9 Å². The summed E-state index contributed by atoms with van der Waals surface area (Å²) in [6.45, 7) is 10.9. The topological polar surface area (TPSA) is 111 Å². The van der Waals surface area contributed by atoms with E-state index in [-0.39, 0.29) is 17.6 Å². The van der Waals surface area contributed by atoms with E-state index in [0.29, 0.717) is 19.4 Å². The smallest absolute Gasteiger partial charge is 0.374 e. The maximum atomic E-state index is 13.3. The van der Waals surface area contributed by atoms with Crippen LogP contribution >= 0.6 is 0 Å². The van der Waals surface area contributed by atoms with E-state index in [4.69, 9.17) is 28.1 Å². The van der Waals surface area contributed by atoms with E-state index in [2.05, 4.69) is 0 Å². The first-order valence-electron chi connectivity index (χ1n) is 13.8. The van der Waals surface area contributed by atoms with Crippen LogP contribution in [0.4, 0.5) is 0 Å². The minimum Gasteiger partial charge on any atom is -0.459 e. The quantitative estimate of drug-likeness (QED) is 0.350. The standard InChI is InChI=1S/C31H38O9/c1-18-15-24(37-19(2)32)27(38-20(3)33)30(6)25(36-17-21-11-8-7-9-12-21)16-22-26(31(18,30)40-29(22,4)5)39-28(34)23-13-10-14-35-23/h7-14,18,22,24-27H,15-17H2,1-6H3/t18-,22-,24+,25+,26+,27+,30-,31-/m1/s1. The van der Waals surface area contributed by atoms with Gasteiger partial charge in [-0.1, -0.05) is 44.2 Å². The number of fused-ring (bicyclic) bond motifs is 1. The Labute approximate surface area is 234 Å². The maximum Gasteiger partial charge on any atom is 0.374 e. The summed E-state index contributed by atoms with van der Waals surface area (Å²) in [5.41, 5.74) is -1.91. The van der Waals surface area contributed by atoms with E-state index in [1.807, 2.05) is 58.0 Å². The third-order valence-electron chi connectivity index (χ3n) is 9.20. The van der Waals surface area contributed by atoms with Crippen LogP contribution in [0.25, 0.3) is 0 Å². The average molecular weight is 555 g/mol. The van der Waals surface area contributed by atoms with Gasteiger partial charge < -0.3 is 28.1 Å². The third kappa shape index (κ3) is 4.53. The number of carbonyl (C=O) groups excluding carboxylic acids is 3. The number of rotatable bonds is 7. The van der Waals surface area contributed by atoms with Gasteiger partial charge in [0.2, 0.25) is 5.76 Å². The summed E-state index contributed by atoms with van der Waals surface area (Å²) in [5.74, 6) is -1.99. The summed E-state index contributed by atoms with van der Waals surface area (Å²) in [5, 5.41) is 0. The summed E-state index contributed by atoms with van der Waals surface area (Å²) in [6, 6.07) is 13.0. The van der Waals surface area contributed by atoms with Gasteiger partial charge in [0.1, 0.15) is 23.9 Å². The fourth-order valence-corrected chi connectivity index (χ4v) is 7.58. The van der Waals surface area contributed by atoms with Crippen molar-refractivity contribution in [2.24, 2.45) is 17.3 Å². The van der Waals surface area contributed by atoms with Gasteiger partial charge in [-0.3, -0.25) is 9.59 Å². The van der Waals surface area contributed by atoms with Crippen LogP contribution < -0.4 is 0 Å². The molecule has 0 N–H and O–H groups in total. The predicted molar refractivity (Wildman–Crippen MR) is 142 cm³/mol. The lowest BCUT2D eigenvalue weighted by molar-refractivity contribution is -0.309. The molecule has 1 saturated heterocycles. The molecule has 0 radical (unpaired) electrons. The third-order valence-corrected chi connectivity index (χ3v) is 9.20. The first-order valence-corrected chi connectivity index (χ1v) is 13.8. The molecule has 2 heterocycles. The van der Waals surface area contributed by atoms with Crippen molar-refractivity contribution < 1.29 is 42.5 Å². The summed E-state index contributed by atoms with van der Waals surface area (Å²) >= 11 is 0. The van der Waals surface area contributed by atoms with Gasteiger partial charge in [0.25, 0.3) is 0 Å². The highest BCUT2D eigenvalue weighted by Gasteiger charge is 2.80. The molecular weight excluding hydrogens is 516 g/mol. The second-order valence-corrected chi connectivity index (χ2v) is 12.0. The maximum absolute atomic E-state index is 13.3. The van der Waals surface area contributed by atoms with Crippen LogP contribution in [-0.2, 0) is 39.9 Å². The molecule has 1 aromatic heterocycles.